The Morgan fingerprint density at radius 1 is 1.24 bits per heavy atom. The summed E-state index contributed by atoms with van der Waals surface area (Å²) in [5, 5.41) is 3.40. The van der Waals surface area contributed by atoms with Crippen molar-refractivity contribution in [1.82, 2.24) is 10.2 Å². The van der Waals surface area contributed by atoms with E-state index in [1.165, 1.54) is 9.78 Å². The predicted octanol–water partition coefficient (Wildman–Crippen LogP) is 4.33. The molecule has 0 saturated heterocycles. The molecule has 1 heterocycles. The lowest BCUT2D eigenvalue weighted by Gasteiger charge is -2.21. The molecule has 0 bridgehead atoms. The van der Waals surface area contributed by atoms with Gasteiger partial charge >= 0.3 is 6.18 Å². The summed E-state index contributed by atoms with van der Waals surface area (Å²) < 4.78 is 37.5. The molecule has 1 aromatic rings. The van der Waals surface area contributed by atoms with Crippen molar-refractivity contribution in [2.45, 2.75) is 59.4 Å². The zero-order chi connectivity index (χ0) is 16.3. The van der Waals surface area contributed by atoms with Crippen molar-refractivity contribution in [3.05, 3.63) is 21.4 Å². The summed E-state index contributed by atoms with van der Waals surface area (Å²) >= 11 is 1.66. The van der Waals surface area contributed by atoms with E-state index in [0.29, 0.717) is 13.1 Å². The van der Waals surface area contributed by atoms with Crippen LogP contribution in [-0.2, 0) is 13.1 Å². The van der Waals surface area contributed by atoms with Gasteiger partial charge in [-0.25, -0.2) is 0 Å². The second-order valence-corrected chi connectivity index (χ2v) is 7.66. The van der Waals surface area contributed by atoms with E-state index in [2.05, 4.69) is 26.1 Å². The molecule has 1 aromatic heterocycles. The van der Waals surface area contributed by atoms with Crippen LogP contribution in [0.25, 0.3) is 0 Å². The molecule has 0 fully saturated rings. The Morgan fingerprint density at radius 3 is 2.33 bits per heavy atom. The number of hydrogen-bond acceptors (Lipinski definition) is 3. The van der Waals surface area contributed by atoms with Crippen LogP contribution in [0.2, 0.25) is 0 Å². The van der Waals surface area contributed by atoms with Crippen LogP contribution in [0.1, 0.15) is 43.0 Å². The fourth-order valence-corrected chi connectivity index (χ4v) is 2.95. The highest BCUT2D eigenvalue weighted by Gasteiger charge is 2.30. The Balaban J connectivity index is 2.69. The van der Waals surface area contributed by atoms with Gasteiger partial charge in [-0.3, -0.25) is 4.90 Å². The van der Waals surface area contributed by atoms with Gasteiger partial charge in [0.2, 0.25) is 0 Å². The molecule has 0 atom stereocenters. The average Bonchev–Trinajstić information content (AvgIpc) is 2.64. The first kappa shape index (κ1) is 18.5. The SMILES string of the molecule is CCN(Cc1cc(CNC(C)(C)C)sc1C)CC(F)(F)F. The van der Waals surface area contributed by atoms with Gasteiger partial charge in [-0.1, -0.05) is 6.92 Å². The zero-order valence-corrected chi connectivity index (χ0v) is 14.2. The third kappa shape index (κ3) is 7.29. The van der Waals surface area contributed by atoms with Crippen molar-refractivity contribution in [1.29, 1.82) is 0 Å². The number of rotatable bonds is 6. The molecule has 0 aliphatic heterocycles. The molecule has 0 unspecified atom stereocenters. The molecule has 0 radical (unpaired) electrons. The fraction of sp³-hybridized carbons (Fsp3) is 0.733. The van der Waals surface area contributed by atoms with Gasteiger partial charge < -0.3 is 5.32 Å². The molecule has 1 rings (SSSR count). The second kappa shape index (κ2) is 7.11. The minimum absolute atomic E-state index is 0.0315. The van der Waals surface area contributed by atoms with Crippen LogP contribution in [0.4, 0.5) is 13.2 Å². The Morgan fingerprint density at radius 2 is 1.86 bits per heavy atom. The lowest BCUT2D eigenvalue weighted by molar-refractivity contribution is -0.146. The van der Waals surface area contributed by atoms with Gasteiger partial charge in [0.1, 0.15) is 0 Å². The predicted molar refractivity (Wildman–Crippen MR) is 82.7 cm³/mol. The molecule has 122 valence electrons. The lowest BCUT2D eigenvalue weighted by Crippen LogP contribution is -2.34. The molecular formula is C15H25F3N2S. The van der Waals surface area contributed by atoms with Crippen LogP contribution in [0, 0.1) is 6.92 Å². The van der Waals surface area contributed by atoms with E-state index in [0.717, 1.165) is 17.0 Å². The quantitative estimate of drug-likeness (QED) is 0.838. The van der Waals surface area contributed by atoms with Crippen LogP contribution in [0.3, 0.4) is 0 Å². The third-order valence-corrected chi connectivity index (χ3v) is 4.20. The summed E-state index contributed by atoms with van der Waals surface area (Å²) in [4.78, 5) is 3.69. The highest BCUT2D eigenvalue weighted by molar-refractivity contribution is 7.12. The highest BCUT2D eigenvalue weighted by atomic mass is 32.1. The van der Waals surface area contributed by atoms with Crippen molar-refractivity contribution >= 4 is 11.3 Å². The number of hydrogen-bond donors (Lipinski definition) is 1. The Hall–Kier alpha value is -0.590. The average molecular weight is 322 g/mol. The summed E-state index contributed by atoms with van der Waals surface area (Å²) in [5.74, 6) is 0. The molecule has 0 saturated carbocycles. The first-order valence-corrected chi connectivity index (χ1v) is 7.94. The zero-order valence-electron chi connectivity index (χ0n) is 13.4. The van der Waals surface area contributed by atoms with Gasteiger partial charge in [0, 0.05) is 28.4 Å². The third-order valence-electron chi connectivity index (χ3n) is 3.11. The normalized spacial score (nSPS) is 13.2. The Bertz CT molecular complexity index is 447. The van der Waals surface area contributed by atoms with E-state index in [1.54, 1.807) is 18.3 Å². The van der Waals surface area contributed by atoms with E-state index in [9.17, 15) is 13.2 Å². The first-order chi connectivity index (χ1) is 9.50. The van der Waals surface area contributed by atoms with Crippen LogP contribution in [-0.4, -0.2) is 29.7 Å². The molecule has 0 amide bonds. The molecule has 0 spiro atoms. The summed E-state index contributed by atoms with van der Waals surface area (Å²) in [7, 11) is 0. The van der Waals surface area contributed by atoms with Crippen LogP contribution < -0.4 is 5.32 Å². The summed E-state index contributed by atoms with van der Waals surface area (Å²) in [5.41, 5.74) is 1.03. The largest absolute Gasteiger partial charge is 0.401 e. The number of alkyl halides is 3. The fourth-order valence-electron chi connectivity index (χ4n) is 1.96. The minimum atomic E-state index is -4.14. The Kier molecular flexibility index (Phi) is 6.25. The smallest absolute Gasteiger partial charge is 0.307 e. The maximum Gasteiger partial charge on any atom is 0.401 e. The topological polar surface area (TPSA) is 15.3 Å². The van der Waals surface area contributed by atoms with E-state index in [1.807, 2.05) is 13.0 Å². The molecule has 0 aliphatic carbocycles. The van der Waals surface area contributed by atoms with Gasteiger partial charge in [-0.2, -0.15) is 13.2 Å². The summed E-state index contributed by atoms with van der Waals surface area (Å²) in [6.07, 6.45) is -4.14. The summed E-state index contributed by atoms with van der Waals surface area (Å²) in [6, 6.07) is 2.03. The van der Waals surface area contributed by atoms with E-state index in [4.69, 9.17) is 0 Å². The van der Waals surface area contributed by atoms with Crippen molar-refractivity contribution < 1.29 is 13.2 Å². The van der Waals surface area contributed by atoms with Gasteiger partial charge in [0.25, 0.3) is 0 Å². The molecule has 21 heavy (non-hydrogen) atoms. The molecule has 0 aliphatic rings. The molecular weight excluding hydrogens is 297 g/mol. The van der Waals surface area contributed by atoms with Crippen molar-refractivity contribution in [2.24, 2.45) is 0 Å². The van der Waals surface area contributed by atoms with Crippen molar-refractivity contribution in [3.63, 3.8) is 0 Å². The monoisotopic (exact) mass is 322 g/mol. The maximum atomic E-state index is 12.5. The standard InChI is InChI=1S/C15H25F3N2S/c1-6-20(10-15(16,17)18)9-12-7-13(21-11(12)2)8-19-14(3,4)5/h7,19H,6,8-10H2,1-5H3. The van der Waals surface area contributed by atoms with Crippen molar-refractivity contribution in [3.8, 4) is 0 Å². The van der Waals surface area contributed by atoms with Gasteiger partial charge in [0.05, 0.1) is 6.54 Å². The van der Waals surface area contributed by atoms with Gasteiger partial charge in [0.15, 0.2) is 0 Å². The maximum absolute atomic E-state index is 12.5. The second-order valence-electron chi connectivity index (χ2n) is 6.32. The number of nitrogens with zero attached hydrogens (tertiary/aromatic N) is 1. The molecule has 2 nitrogen and oxygen atoms in total. The van der Waals surface area contributed by atoms with E-state index < -0.39 is 12.7 Å². The summed E-state index contributed by atoms with van der Waals surface area (Å²) in [6.45, 7) is 10.7. The van der Waals surface area contributed by atoms with Crippen molar-refractivity contribution in [2.75, 3.05) is 13.1 Å². The number of aryl methyl sites for hydroxylation is 1. The molecule has 0 aromatic carbocycles. The molecule has 6 heteroatoms. The van der Waals surface area contributed by atoms with Crippen LogP contribution in [0.5, 0.6) is 0 Å². The van der Waals surface area contributed by atoms with E-state index in [-0.39, 0.29) is 5.54 Å². The first-order valence-electron chi connectivity index (χ1n) is 7.12. The number of thiophene rings is 1. The minimum Gasteiger partial charge on any atom is -0.307 e. The van der Waals surface area contributed by atoms with Crippen LogP contribution >= 0.6 is 11.3 Å². The van der Waals surface area contributed by atoms with Gasteiger partial charge in [-0.05, 0) is 45.9 Å². The lowest BCUT2D eigenvalue weighted by atomic mass is 10.1. The van der Waals surface area contributed by atoms with Gasteiger partial charge in [-0.15, -0.1) is 11.3 Å². The highest BCUT2D eigenvalue weighted by Crippen LogP contribution is 2.25. The number of halogens is 3. The number of nitrogens with one attached hydrogen (secondary N) is 1. The van der Waals surface area contributed by atoms with Crippen LogP contribution in [0.15, 0.2) is 6.07 Å². The Labute approximate surface area is 129 Å². The van der Waals surface area contributed by atoms with E-state index >= 15 is 0 Å². The molecule has 1 N–H and O–H groups in total.